The molecule has 118 valence electrons. The molecule has 1 aliphatic heterocycles. The van der Waals surface area contributed by atoms with Crippen LogP contribution in [0.1, 0.15) is 31.7 Å². The lowest BCUT2D eigenvalue weighted by atomic mass is 10.2. The van der Waals surface area contributed by atoms with E-state index in [1.54, 1.807) is 0 Å². The minimum absolute atomic E-state index is 0.0352. The van der Waals surface area contributed by atoms with Crippen molar-refractivity contribution in [3.8, 4) is 0 Å². The predicted molar refractivity (Wildman–Crippen MR) is 81.1 cm³/mol. The molecule has 4 heteroatoms. The number of ether oxygens (including phenoxy) is 4. The Morgan fingerprint density at radius 1 is 1.19 bits per heavy atom. The molecule has 0 spiro atoms. The van der Waals surface area contributed by atoms with Gasteiger partial charge in [-0.05, 0) is 31.7 Å². The van der Waals surface area contributed by atoms with E-state index in [-0.39, 0.29) is 12.4 Å². The predicted octanol–water partition coefficient (Wildman–Crippen LogP) is 3.15. The van der Waals surface area contributed by atoms with Gasteiger partial charge in [0, 0.05) is 6.61 Å². The topological polar surface area (TPSA) is 36.9 Å². The van der Waals surface area contributed by atoms with Crippen LogP contribution in [-0.4, -0.2) is 38.8 Å². The van der Waals surface area contributed by atoms with Crippen molar-refractivity contribution in [2.24, 2.45) is 0 Å². The fourth-order valence-electron chi connectivity index (χ4n) is 2.24. The minimum atomic E-state index is -0.0352. The lowest BCUT2D eigenvalue weighted by Gasteiger charge is -2.23. The number of hydrogen-bond acceptors (Lipinski definition) is 4. The Hall–Kier alpha value is -0.940. The van der Waals surface area contributed by atoms with E-state index in [0.717, 1.165) is 19.4 Å². The van der Waals surface area contributed by atoms with Gasteiger partial charge >= 0.3 is 0 Å². The molecule has 0 aromatic heterocycles. The molecule has 2 rings (SSSR count). The highest BCUT2D eigenvalue weighted by molar-refractivity contribution is 5.13. The average Bonchev–Trinajstić information content (AvgIpc) is 2.54. The molecular formula is C17H26O4. The first-order chi connectivity index (χ1) is 10.3. The number of hydrogen-bond donors (Lipinski definition) is 0. The first-order valence-electron chi connectivity index (χ1n) is 7.81. The third-order valence-electron chi connectivity index (χ3n) is 3.39. The van der Waals surface area contributed by atoms with Crippen LogP contribution in [0.2, 0.25) is 0 Å². The van der Waals surface area contributed by atoms with Crippen LogP contribution in [0.15, 0.2) is 30.3 Å². The van der Waals surface area contributed by atoms with Crippen LogP contribution in [0.3, 0.4) is 0 Å². The highest BCUT2D eigenvalue weighted by Gasteiger charge is 2.13. The van der Waals surface area contributed by atoms with E-state index >= 15 is 0 Å². The molecule has 0 N–H and O–H groups in total. The van der Waals surface area contributed by atoms with Gasteiger partial charge < -0.3 is 18.9 Å². The molecule has 21 heavy (non-hydrogen) atoms. The fourth-order valence-corrected chi connectivity index (χ4v) is 2.24. The lowest BCUT2D eigenvalue weighted by molar-refractivity contribution is -0.172. The Morgan fingerprint density at radius 2 is 2.05 bits per heavy atom. The highest BCUT2D eigenvalue weighted by atomic mass is 16.7. The molecule has 1 aromatic rings. The molecule has 4 nitrogen and oxygen atoms in total. The second-order valence-electron chi connectivity index (χ2n) is 5.35. The van der Waals surface area contributed by atoms with Gasteiger partial charge in [0.15, 0.2) is 6.29 Å². The zero-order valence-corrected chi connectivity index (χ0v) is 12.8. The zero-order valence-electron chi connectivity index (χ0n) is 12.8. The molecule has 2 atom stereocenters. The SMILES string of the molecule is CC(COCc1ccccc1)OCCOC1CCCCO1. The summed E-state index contributed by atoms with van der Waals surface area (Å²) in [6.45, 7) is 5.20. The maximum atomic E-state index is 5.67. The first-order valence-corrected chi connectivity index (χ1v) is 7.81. The summed E-state index contributed by atoms with van der Waals surface area (Å²) in [6, 6.07) is 10.2. The van der Waals surface area contributed by atoms with Gasteiger partial charge in [-0.1, -0.05) is 30.3 Å². The Balaban J connectivity index is 1.46. The Morgan fingerprint density at radius 3 is 2.81 bits per heavy atom. The molecule has 0 bridgehead atoms. The van der Waals surface area contributed by atoms with Gasteiger partial charge in [-0.25, -0.2) is 0 Å². The zero-order chi connectivity index (χ0) is 14.8. The van der Waals surface area contributed by atoms with E-state index in [0.29, 0.717) is 26.4 Å². The summed E-state index contributed by atoms with van der Waals surface area (Å²) in [6.07, 6.45) is 3.37. The first kappa shape index (κ1) is 16.4. The van der Waals surface area contributed by atoms with E-state index in [9.17, 15) is 0 Å². The summed E-state index contributed by atoms with van der Waals surface area (Å²) in [4.78, 5) is 0. The molecule has 0 saturated carbocycles. The summed E-state index contributed by atoms with van der Waals surface area (Å²) in [5.74, 6) is 0. The van der Waals surface area contributed by atoms with Crippen molar-refractivity contribution >= 4 is 0 Å². The van der Waals surface area contributed by atoms with E-state index in [4.69, 9.17) is 18.9 Å². The Kier molecular flexibility index (Phi) is 7.75. The molecule has 1 fully saturated rings. The van der Waals surface area contributed by atoms with Gasteiger partial charge in [0.25, 0.3) is 0 Å². The monoisotopic (exact) mass is 294 g/mol. The van der Waals surface area contributed by atoms with E-state index in [1.807, 2.05) is 25.1 Å². The Labute approximate surface area is 127 Å². The van der Waals surface area contributed by atoms with Crippen molar-refractivity contribution in [1.29, 1.82) is 0 Å². The summed E-state index contributed by atoms with van der Waals surface area (Å²) in [5, 5.41) is 0. The van der Waals surface area contributed by atoms with Crippen molar-refractivity contribution in [2.75, 3.05) is 26.4 Å². The van der Waals surface area contributed by atoms with Gasteiger partial charge in [0.05, 0.1) is 32.5 Å². The van der Waals surface area contributed by atoms with Crippen molar-refractivity contribution in [3.05, 3.63) is 35.9 Å². The normalized spacial score (nSPS) is 20.3. The van der Waals surface area contributed by atoms with E-state index in [1.165, 1.54) is 12.0 Å². The molecule has 1 saturated heterocycles. The molecule has 2 unspecified atom stereocenters. The van der Waals surface area contributed by atoms with E-state index < -0.39 is 0 Å². The van der Waals surface area contributed by atoms with Crippen LogP contribution in [0.5, 0.6) is 0 Å². The number of benzene rings is 1. The molecule has 0 amide bonds. The fraction of sp³-hybridized carbons (Fsp3) is 0.647. The van der Waals surface area contributed by atoms with Crippen LogP contribution >= 0.6 is 0 Å². The Bertz CT molecular complexity index is 362. The second-order valence-corrected chi connectivity index (χ2v) is 5.35. The molecule has 0 aliphatic carbocycles. The maximum absolute atomic E-state index is 5.67. The van der Waals surface area contributed by atoms with E-state index in [2.05, 4.69) is 12.1 Å². The van der Waals surface area contributed by atoms with Gasteiger partial charge in [0.2, 0.25) is 0 Å². The summed E-state index contributed by atoms with van der Waals surface area (Å²) >= 11 is 0. The van der Waals surface area contributed by atoms with Crippen LogP contribution in [0, 0.1) is 0 Å². The standard InChI is InChI=1S/C17H26O4/c1-15(13-18-14-16-7-3-2-4-8-16)19-11-12-21-17-9-5-6-10-20-17/h2-4,7-8,15,17H,5-6,9-14H2,1H3. The smallest absolute Gasteiger partial charge is 0.157 e. The van der Waals surface area contributed by atoms with Crippen molar-refractivity contribution in [3.63, 3.8) is 0 Å². The largest absolute Gasteiger partial charge is 0.374 e. The minimum Gasteiger partial charge on any atom is -0.374 e. The van der Waals surface area contributed by atoms with Crippen molar-refractivity contribution < 1.29 is 18.9 Å². The van der Waals surface area contributed by atoms with Gasteiger partial charge in [-0.15, -0.1) is 0 Å². The van der Waals surface area contributed by atoms with Crippen molar-refractivity contribution in [1.82, 2.24) is 0 Å². The van der Waals surface area contributed by atoms with Crippen LogP contribution in [-0.2, 0) is 25.6 Å². The van der Waals surface area contributed by atoms with Crippen molar-refractivity contribution in [2.45, 2.75) is 45.2 Å². The lowest BCUT2D eigenvalue weighted by Crippen LogP contribution is -2.25. The molecule has 0 radical (unpaired) electrons. The molecule has 1 aliphatic rings. The highest BCUT2D eigenvalue weighted by Crippen LogP contribution is 2.13. The molecular weight excluding hydrogens is 268 g/mol. The van der Waals surface area contributed by atoms with Gasteiger partial charge in [0.1, 0.15) is 0 Å². The van der Waals surface area contributed by atoms with Crippen LogP contribution in [0.4, 0.5) is 0 Å². The van der Waals surface area contributed by atoms with Gasteiger partial charge in [-0.3, -0.25) is 0 Å². The van der Waals surface area contributed by atoms with Crippen LogP contribution in [0.25, 0.3) is 0 Å². The summed E-state index contributed by atoms with van der Waals surface area (Å²) < 4.78 is 22.4. The summed E-state index contributed by atoms with van der Waals surface area (Å²) in [7, 11) is 0. The van der Waals surface area contributed by atoms with Gasteiger partial charge in [-0.2, -0.15) is 0 Å². The summed E-state index contributed by atoms with van der Waals surface area (Å²) in [5.41, 5.74) is 1.18. The second kappa shape index (κ2) is 9.90. The maximum Gasteiger partial charge on any atom is 0.157 e. The molecule has 1 heterocycles. The number of rotatable bonds is 9. The average molecular weight is 294 g/mol. The van der Waals surface area contributed by atoms with Crippen LogP contribution < -0.4 is 0 Å². The molecule has 1 aromatic carbocycles. The third-order valence-corrected chi connectivity index (χ3v) is 3.39. The third kappa shape index (κ3) is 7.05. The quantitative estimate of drug-likeness (QED) is 0.656.